The van der Waals surface area contributed by atoms with E-state index >= 15 is 0 Å². The van der Waals surface area contributed by atoms with Crippen molar-refractivity contribution in [2.24, 2.45) is 29.6 Å². The number of carboxylic acids is 2. The van der Waals surface area contributed by atoms with E-state index in [1.54, 1.807) is 25.3 Å². The van der Waals surface area contributed by atoms with Crippen molar-refractivity contribution in [2.75, 3.05) is 109 Å². The lowest BCUT2D eigenvalue weighted by Crippen LogP contribution is -2.66. The Balaban J connectivity index is 0.000000103. The molecule has 5 N–H and O–H groups in total. The summed E-state index contributed by atoms with van der Waals surface area (Å²) >= 11 is 0. The van der Waals surface area contributed by atoms with Crippen LogP contribution < -0.4 is 23.7 Å². The number of aliphatic hydroxyl groups is 3. The summed E-state index contributed by atoms with van der Waals surface area (Å²) in [6.45, 7) is 19.0. The lowest BCUT2D eigenvalue weighted by atomic mass is 9.51. The molecule has 5 aromatic rings. The second-order valence-electron chi connectivity index (χ2n) is 40.8. The molecule has 25 atom stereocenters. The van der Waals surface area contributed by atoms with Crippen molar-refractivity contribution >= 4 is 35.9 Å². The van der Waals surface area contributed by atoms with Crippen LogP contribution in [0.15, 0.2) is 60.7 Å². The molecule has 0 amide bonds. The maximum absolute atomic E-state index is 12.6. The molecule has 20 aliphatic rings. The minimum atomic E-state index is -2.27. The van der Waals surface area contributed by atoms with Gasteiger partial charge in [-0.3, -0.25) is 9.59 Å². The molecule has 25 rings (SSSR count). The van der Waals surface area contributed by atoms with Gasteiger partial charge in [-0.1, -0.05) is 68.1 Å². The summed E-state index contributed by atoms with van der Waals surface area (Å²) in [7, 11) is 14.9. The van der Waals surface area contributed by atoms with Crippen LogP contribution in [0.4, 0.5) is 0 Å². The Morgan fingerprint density at radius 3 is 0.960 bits per heavy atom. The third-order valence-electron chi connectivity index (χ3n) is 35.5. The Morgan fingerprint density at radius 2 is 0.656 bits per heavy atom. The summed E-state index contributed by atoms with van der Waals surface area (Å²) in [5, 5.41) is 43.1. The summed E-state index contributed by atoms with van der Waals surface area (Å²) in [6.07, 6.45) is 17.1. The Morgan fingerprint density at radius 1 is 0.392 bits per heavy atom. The third kappa shape index (κ3) is 13.0. The Labute approximate surface area is 743 Å². The highest BCUT2D eigenvalue weighted by Crippen LogP contribution is 2.69. The fraction of sp³-hybridized carbons (Fsp3) is 0.663. The fourth-order valence-electron chi connectivity index (χ4n) is 30.0. The molecule has 125 heavy (non-hydrogen) atoms. The molecule has 10 aliphatic heterocycles. The second-order valence-corrected chi connectivity index (χ2v) is 40.8. The third-order valence-corrected chi connectivity index (χ3v) is 35.5. The summed E-state index contributed by atoms with van der Waals surface area (Å²) in [5.74, 6) is 5.91. The number of nitrogens with zero attached hydrogens (tertiary/aromatic N) is 5. The molecule has 5 saturated carbocycles. The van der Waals surface area contributed by atoms with Gasteiger partial charge in [-0.15, -0.1) is 12.4 Å². The average molecular weight is 1740 g/mol. The minimum absolute atomic E-state index is 0. The number of ketones is 2. The molecule has 24 heteroatoms. The molecule has 0 aromatic heterocycles. The quantitative estimate of drug-likeness (QED) is 0.0769. The molecule has 10 fully saturated rings. The smallest absolute Gasteiger partial charge is 0.335 e. The number of halogens is 1. The van der Waals surface area contributed by atoms with Crippen LogP contribution in [0.2, 0.25) is 0 Å². The van der Waals surface area contributed by atoms with Crippen molar-refractivity contribution in [3.63, 3.8) is 0 Å². The number of aryl methyl sites for hydroxylation is 5. The van der Waals surface area contributed by atoms with Crippen molar-refractivity contribution in [1.82, 2.24) is 24.5 Å². The van der Waals surface area contributed by atoms with Crippen molar-refractivity contribution < 1.29 is 87.3 Å². The molecule has 23 nitrogen and oxygen atoms in total. The van der Waals surface area contributed by atoms with Crippen LogP contribution in [0.5, 0.6) is 28.7 Å². The Hall–Kier alpha value is -6.81. The van der Waals surface area contributed by atoms with E-state index in [2.05, 4.69) is 155 Å². The lowest BCUT2D eigenvalue weighted by molar-refractivity contribution is -0.165. The second kappa shape index (κ2) is 33.2. The van der Waals surface area contributed by atoms with Gasteiger partial charge in [0.25, 0.3) is 0 Å². The Kier molecular flexibility index (Phi) is 23.6. The van der Waals surface area contributed by atoms with Crippen molar-refractivity contribution in [3.05, 3.63) is 144 Å². The highest BCUT2D eigenvalue weighted by molar-refractivity contribution is 5.90. The Bertz CT molecular complexity index is 4800. The van der Waals surface area contributed by atoms with E-state index in [0.29, 0.717) is 111 Å². The van der Waals surface area contributed by atoms with Gasteiger partial charge in [0, 0.05) is 112 Å². The molecule has 5 aromatic carbocycles. The minimum Gasteiger partial charge on any atom is -0.486 e. The normalized spacial score (nSPS) is 37.3. The molecule has 0 radical (unpaired) electrons. The van der Waals surface area contributed by atoms with E-state index in [-0.39, 0.29) is 95.7 Å². The van der Waals surface area contributed by atoms with Gasteiger partial charge in [0.1, 0.15) is 47.1 Å². The maximum Gasteiger partial charge on any atom is 0.335 e. The summed E-state index contributed by atoms with van der Waals surface area (Å²) in [6, 6.07) is 25.7. The van der Waals surface area contributed by atoms with Gasteiger partial charge in [0.2, 0.25) is 0 Å². The zero-order valence-electron chi connectivity index (χ0n) is 74.5. The SMILES string of the molecule is C.COCCO[C@H]1CCC2[C@H]3Cc4ccc(C)c5c4[C@@]2(CCN3C)[C@H]1O5.COCCO[C@H]1CCC2[C@H]3Cc4ccc(C)c5c4[C@@]2(CCN3C)[C@H]1O5.Cc1ccc2c3c1O[C@H]1C(=O)CCC4[C@@H](C2)N(C)CC[C@@]341.Cc1ccc2c3c1O[C@H]1C(=O)CCC4[C@@H](C2)N(C)CC[C@@]341.Cc1ccc2c3c1O[C@H]1[C@@H](O)CCC4[C@@H](C2)N(C)CC[C@@]341.Cl.O=C(O)C(O)C(O)C(=O)O. The molecule has 10 heterocycles. The van der Waals surface area contributed by atoms with Gasteiger partial charge in [-0.05, 0) is 303 Å². The monoisotopic (exact) mass is 1740 g/mol. The zero-order chi connectivity index (χ0) is 85.7. The van der Waals surface area contributed by atoms with Crippen LogP contribution in [0.25, 0.3) is 0 Å². The maximum atomic E-state index is 12.6. The number of hydrogen-bond donors (Lipinski definition) is 5. The highest BCUT2D eigenvalue weighted by Gasteiger charge is 2.71. The van der Waals surface area contributed by atoms with Crippen LogP contribution in [-0.4, -0.2) is 273 Å². The first-order valence-electron chi connectivity index (χ1n) is 46.4. The number of ether oxygens (including phenoxy) is 9. The first-order valence-corrected chi connectivity index (χ1v) is 46.4. The molecule has 5 spiro atoms. The molecule has 5 saturated heterocycles. The summed E-state index contributed by atoms with van der Waals surface area (Å²) < 4.78 is 55.3. The average Bonchev–Trinajstić information content (AvgIpc) is 1.58. The number of methoxy groups -OCH3 is 2. The summed E-state index contributed by atoms with van der Waals surface area (Å²) in [4.78, 5) is 57.5. The van der Waals surface area contributed by atoms with Crippen LogP contribution >= 0.6 is 12.4 Å². The van der Waals surface area contributed by atoms with Gasteiger partial charge in [0.05, 0.1) is 44.7 Å². The number of carboxylic acid groups (broad SMARTS) is 2. The molecule has 7 unspecified atom stereocenters. The zero-order valence-corrected chi connectivity index (χ0v) is 75.3. The van der Waals surface area contributed by atoms with Crippen molar-refractivity contribution in [2.45, 2.75) is 289 Å². The van der Waals surface area contributed by atoms with Crippen molar-refractivity contribution in [3.8, 4) is 28.7 Å². The van der Waals surface area contributed by atoms with E-state index in [1.165, 1.54) is 135 Å². The number of hydrogen-bond acceptors (Lipinski definition) is 21. The number of Topliss-reactive ketones (excluding diaryl/α,β-unsaturated/α-hetero) is 2. The molecule has 10 bridgehead atoms. The first-order chi connectivity index (χ1) is 59.2. The molecule has 678 valence electrons. The number of carbonyl (C=O) groups is 4. The first kappa shape index (κ1) is 88.8. The van der Waals surface area contributed by atoms with E-state index in [1.807, 2.05) is 0 Å². The van der Waals surface area contributed by atoms with Gasteiger partial charge in [-0.25, -0.2) is 9.59 Å². The summed E-state index contributed by atoms with van der Waals surface area (Å²) in [5.41, 5.74) is 21.4. The van der Waals surface area contributed by atoms with Crippen LogP contribution in [0.1, 0.15) is 187 Å². The van der Waals surface area contributed by atoms with E-state index in [9.17, 15) is 24.3 Å². The number of aliphatic hydroxyl groups excluding tert-OH is 3. The standard InChI is InChI=1S/2C21H29NO3.C18H23NO2.2C18H21NO2.C4H6O6.CH4.ClH/c2*1-13-4-5-14-12-16-15-6-7-17(24-11-10-23-3)20-21(15,8-9-22(16)2)18(14)19(13)25-20;3*1-10-3-4-11-9-13-12-5-6-14(20)17-18(12,7-8-19(13)2)15(11)16(10)21-17;5-1(3(7)8)2(6)4(9)10;;/h2*4-5,15-17,20H,6-12H2,1-3H3;3-4,12-14,17,20H,5-9H2,1-2H3;2*3-4,12-13,17H,5-9H2,1-2H3;1-2,5-6H,(H,7,8)(H,9,10);1H4;1H/t2*15?,16-,17+,20+,21+;12?,13-,14+,17+,18+;2*12?,13-,17+,18+;;;/m11111.../s1. The fourth-order valence-corrected chi connectivity index (χ4v) is 30.0. The largest absolute Gasteiger partial charge is 0.486 e. The van der Waals surface area contributed by atoms with Crippen LogP contribution in [0.3, 0.4) is 0 Å². The number of piperidine rings is 5. The van der Waals surface area contributed by atoms with Crippen LogP contribution in [0, 0.1) is 64.2 Å². The number of benzene rings is 5. The molecule has 10 aliphatic carbocycles. The van der Waals surface area contributed by atoms with Gasteiger partial charge in [0.15, 0.2) is 36.0 Å². The van der Waals surface area contributed by atoms with Gasteiger partial charge < -0.3 is 92.7 Å². The lowest BCUT2D eigenvalue weighted by Gasteiger charge is -2.58. The number of aliphatic carboxylic acids is 2. The molecular formula is C101H134ClN5O18. The molecular weight excluding hydrogens is 1610 g/mol. The predicted molar refractivity (Wildman–Crippen MR) is 474 cm³/mol. The number of likely N-dealkylation sites (tertiary alicyclic amines) is 5. The van der Waals surface area contributed by atoms with Gasteiger partial charge >= 0.3 is 11.9 Å². The van der Waals surface area contributed by atoms with Crippen LogP contribution in [-0.2, 0) is 97.3 Å². The highest BCUT2D eigenvalue weighted by atomic mass is 35.5. The number of rotatable bonds is 11. The topological polar surface area (TPSA) is 269 Å². The van der Waals surface area contributed by atoms with E-state index in [4.69, 9.17) is 63.1 Å². The van der Waals surface area contributed by atoms with E-state index < -0.39 is 24.1 Å². The van der Waals surface area contributed by atoms with Crippen molar-refractivity contribution in [1.29, 1.82) is 0 Å². The van der Waals surface area contributed by atoms with E-state index in [0.717, 1.165) is 114 Å². The number of likely N-dealkylation sites (N-methyl/N-ethyl adjacent to an activating group) is 5. The van der Waals surface area contributed by atoms with Gasteiger partial charge in [-0.2, -0.15) is 0 Å². The predicted octanol–water partition coefficient (Wildman–Crippen LogP) is 10.8. The number of carbonyl (C=O) groups excluding carboxylic acids is 2.